The van der Waals surface area contributed by atoms with E-state index in [-0.39, 0.29) is 11.2 Å². The highest BCUT2D eigenvalue weighted by Gasteiger charge is 2.14. The van der Waals surface area contributed by atoms with Gasteiger partial charge in [0.2, 0.25) is 5.91 Å². The molecule has 0 saturated heterocycles. The summed E-state index contributed by atoms with van der Waals surface area (Å²) in [5.41, 5.74) is 0.753. The Hall–Kier alpha value is -1.52. The molecule has 0 aliphatic carbocycles. The number of carbonyl (C=O) groups is 1. The summed E-state index contributed by atoms with van der Waals surface area (Å²) in [4.78, 5) is 16.9. The molecule has 98 valence electrons. The number of pyridine rings is 1. The maximum Gasteiger partial charge on any atom is 0.237 e. The van der Waals surface area contributed by atoms with Crippen LogP contribution in [-0.4, -0.2) is 16.1 Å². The van der Waals surface area contributed by atoms with Gasteiger partial charge in [0.15, 0.2) is 0 Å². The number of amides is 1. The van der Waals surface area contributed by atoms with E-state index >= 15 is 0 Å². The maximum absolute atomic E-state index is 12.0. The Morgan fingerprint density at radius 2 is 1.84 bits per heavy atom. The molecule has 0 fully saturated rings. The molecule has 1 atom stereocenters. The van der Waals surface area contributed by atoms with Crippen molar-refractivity contribution >= 4 is 35.0 Å². The van der Waals surface area contributed by atoms with Crippen LogP contribution >= 0.6 is 23.4 Å². The summed E-state index contributed by atoms with van der Waals surface area (Å²) >= 11 is 7.32. The summed E-state index contributed by atoms with van der Waals surface area (Å²) in [7, 11) is 0. The SMILES string of the molecule is C[C@@H](Sc1ccc(Cl)cc1)C(=O)Nc1ccncc1. The number of nitrogens with zero attached hydrogens (tertiary/aromatic N) is 1. The van der Waals surface area contributed by atoms with Crippen molar-refractivity contribution in [2.75, 3.05) is 5.32 Å². The molecule has 1 heterocycles. The normalized spacial score (nSPS) is 11.9. The van der Waals surface area contributed by atoms with E-state index < -0.39 is 0 Å². The standard InChI is InChI=1S/C14H13ClN2OS/c1-10(19-13-4-2-11(15)3-5-13)14(18)17-12-6-8-16-9-7-12/h2-10H,1H3,(H,16,17,18)/t10-/m1/s1. The third-order valence-corrected chi connectivity index (χ3v) is 3.81. The van der Waals surface area contributed by atoms with Gasteiger partial charge in [0.05, 0.1) is 5.25 Å². The minimum atomic E-state index is -0.186. The van der Waals surface area contributed by atoms with Crippen molar-refractivity contribution in [1.29, 1.82) is 0 Å². The Kier molecular flexibility index (Phi) is 4.82. The number of hydrogen-bond donors (Lipinski definition) is 1. The van der Waals surface area contributed by atoms with E-state index in [0.29, 0.717) is 5.02 Å². The van der Waals surface area contributed by atoms with Gasteiger partial charge in [0, 0.05) is 28.0 Å². The van der Waals surface area contributed by atoms with Crippen LogP contribution in [0.15, 0.2) is 53.7 Å². The largest absolute Gasteiger partial charge is 0.325 e. The lowest BCUT2D eigenvalue weighted by Gasteiger charge is -2.11. The molecule has 0 saturated carbocycles. The molecule has 1 N–H and O–H groups in total. The third-order valence-electron chi connectivity index (χ3n) is 2.44. The molecule has 0 radical (unpaired) electrons. The van der Waals surface area contributed by atoms with Gasteiger partial charge in [0.1, 0.15) is 0 Å². The van der Waals surface area contributed by atoms with Crippen LogP contribution < -0.4 is 5.32 Å². The average molecular weight is 293 g/mol. The van der Waals surface area contributed by atoms with Crippen LogP contribution in [0, 0.1) is 0 Å². The van der Waals surface area contributed by atoms with Gasteiger partial charge in [-0.1, -0.05) is 11.6 Å². The number of hydrogen-bond acceptors (Lipinski definition) is 3. The van der Waals surface area contributed by atoms with Crippen LogP contribution in [0.25, 0.3) is 0 Å². The first kappa shape index (κ1) is 13.9. The molecule has 3 nitrogen and oxygen atoms in total. The Morgan fingerprint density at radius 3 is 2.47 bits per heavy atom. The number of rotatable bonds is 4. The second-order valence-corrected chi connectivity index (χ2v) is 5.79. The molecular formula is C14H13ClN2OS. The lowest BCUT2D eigenvalue weighted by atomic mass is 10.3. The summed E-state index contributed by atoms with van der Waals surface area (Å²) < 4.78 is 0. The highest BCUT2D eigenvalue weighted by Crippen LogP contribution is 2.25. The van der Waals surface area contributed by atoms with Gasteiger partial charge in [-0.25, -0.2) is 0 Å². The zero-order valence-corrected chi connectivity index (χ0v) is 11.9. The third kappa shape index (κ3) is 4.26. The van der Waals surface area contributed by atoms with E-state index in [1.807, 2.05) is 31.2 Å². The fourth-order valence-electron chi connectivity index (χ4n) is 1.45. The number of nitrogens with one attached hydrogen (secondary N) is 1. The average Bonchev–Trinajstić information content (AvgIpc) is 2.42. The van der Waals surface area contributed by atoms with E-state index in [1.54, 1.807) is 24.5 Å². The zero-order chi connectivity index (χ0) is 13.7. The van der Waals surface area contributed by atoms with E-state index in [0.717, 1.165) is 10.6 Å². The van der Waals surface area contributed by atoms with Crippen LogP contribution in [0.1, 0.15) is 6.92 Å². The van der Waals surface area contributed by atoms with Gasteiger partial charge in [-0.05, 0) is 43.3 Å². The number of carbonyl (C=O) groups excluding carboxylic acids is 1. The Labute approximate surface area is 121 Å². The van der Waals surface area contributed by atoms with Crippen molar-refractivity contribution in [2.24, 2.45) is 0 Å². The summed E-state index contributed by atoms with van der Waals surface area (Å²) in [6, 6.07) is 11.0. The molecule has 5 heteroatoms. The Morgan fingerprint density at radius 1 is 1.21 bits per heavy atom. The van der Waals surface area contributed by atoms with Crippen LogP contribution in [0.5, 0.6) is 0 Å². The number of halogens is 1. The van der Waals surface area contributed by atoms with Crippen molar-refractivity contribution in [3.63, 3.8) is 0 Å². The second-order valence-electron chi connectivity index (χ2n) is 3.94. The zero-order valence-electron chi connectivity index (χ0n) is 10.3. The van der Waals surface area contributed by atoms with Crippen LogP contribution in [0.2, 0.25) is 5.02 Å². The molecule has 1 aromatic heterocycles. The first-order chi connectivity index (χ1) is 9.15. The number of aromatic nitrogens is 1. The summed E-state index contributed by atoms with van der Waals surface area (Å²) in [5, 5.41) is 3.35. The van der Waals surface area contributed by atoms with Gasteiger partial charge in [0.25, 0.3) is 0 Å². The molecule has 0 aliphatic rings. The predicted molar refractivity (Wildman–Crippen MR) is 79.6 cm³/mol. The summed E-state index contributed by atoms with van der Waals surface area (Å²) in [6.07, 6.45) is 3.29. The lowest BCUT2D eigenvalue weighted by molar-refractivity contribution is -0.115. The number of thioether (sulfide) groups is 1. The minimum Gasteiger partial charge on any atom is -0.325 e. The molecule has 1 amide bonds. The molecular weight excluding hydrogens is 280 g/mol. The number of benzene rings is 1. The van der Waals surface area contributed by atoms with Crippen LogP contribution in [0.3, 0.4) is 0 Å². The Balaban J connectivity index is 1.94. The first-order valence-corrected chi connectivity index (χ1v) is 7.04. The fourth-order valence-corrected chi connectivity index (χ4v) is 2.44. The van der Waals surface area contributed by atoms with Crippen molar-refractivity contribution in [1.82, 2.24) is 4.98 Å². The van der Waals surface area contributed by atoms with E-state index in [4.69, 9.17) is 11.6 Å². The smallest absolute Gasteiger partial charge is 0.237 e. The monoisotopic (exact) mass is 292 g/mol. The van der Waals surface area contributed by atoms with Crippen LogP contribution in [0.4, 0.5) is 5.69 Å². The van der Waals surface area contributed by atoms with E-state index in [2.05, 4.69) is 10.3 Å². The topological polar surface area (TPSA) is 42.0 Å². The molecule has 0 unspecified atom stereocenters. The van der Waals surface area contributed by atoms with Crippen molar-refractivity contribution in [3.05, 3.63) is 53.8 Å². The van der Waals surface area contributed by atoms with Gasteiger partial charge < -0.3 is 5.32 Å². The molecule has 19 heavy (non-hydrogen) atoms. The van der Waals surface area contributed by atoms with Crippen LogP contribution in [-0.2, 0) is 4.79 Å². The van der Waals surface area contributed by atoms with E-state index in [9.17, 15) is 4.79 Å². The fraction of sp³-hybridized carbons (Fsp3) is 0.143. The van der Waals surface area contributed by atoms with Gasteiger partial charge >= 0.3 is 0 Å². The molecule has 0 spiro atoms. The van der Waals surface area contributed by atoms with E-state index in [1.165, 1.54) is 11.8 Å². The highest BCUT2D eigenvalue weighted by atomic mass is 35.5. The molecule has 2 aromatic rings. The maximum atomic E-state index is 12.0. The van der Waals surface area contributed by atoms with Crippen molar-refractivity contribution in [3.8, 4) is 0 Å². The minimum absolute atomic E-state index is 0.0360. The predicted octanol–water partition coefficient (Wildman–Crippen LogP) is 3.85. The van der Waals surface area contributed by atoms with Crippen molar-refractivity contribution < 1.29 is 4.79 Å². The highest BCUT2D eigenvalue weighted by molar-refractivity contribution is 8.00. The summed E-state index contributed by atoms with van der Waals surface area (Å²) in [5.74, 6) is -0.0360. The van der Waals surface area contributed by atoms with Crippen molar-refractivity contribution in [2.45, 2.75) is 17.1 Å². The lowest BCUT2D eigenvalue weighted by Crippen LogP contribution is -2.22. The second kappa shape index (κ2) is 6.59. The molecule has 0 bridgehead atoms. The summed E-state index contributed by atoms with van der Waals surface area (Å²) in [6.45, 7) is 1.87. The van der Waals surface area contributed by atoms with Gasteiger partial charge in [-0.3, -0.25) is 9.78 Å². The molecule has 2 rings (SSSR count). The molecule has 1 aromatic carbocycles. The molecule has 0 aliphatic heterocycles. The van der Waals surface area contributed by atoms with Gasteiger partial charge in [-0.2, -0.15) is 0 Å². The Bertz CT molecular complexity index is 545. The number of anilines is 1. The first-order valence-electron chi connectivity index (χ1n) is 5.78. The quantitative estimate of drug-likeness (QED) is 0.870. The van der Waals surface area contributed by atoms with Gasteiger partial charge in [-0.15, -0.1) is 11.8 Å².